The van der Waals surface area contributed by atoms with E-state index in [0.717, 1.165) is 20.8 Å². The molecule has 6 nitrogen and oxygen atoms in total. The summed E-state index contributed by atoms with van der Waals surface area (Å²) >= 11 is 1.61. The average molecular weight is 450 g/mol. The number of amides is 3. The molecular weight excluding hydrogens is 422 g/mol. The molecule has 1 unspecified atom stereocenters. The van der Waals surface area contributed by atoms with Gasteiger partial charge in [-0.2, -0.15) is 0 Å². The van der Waals surface area contributed by atoms with Gasteiger partial charge in [0, 0.05) is 18.0 Å². The van der Waals surface area contributed by atoms with Crippen molar-refractivity contribution in [2.24, 2.45) is 0 Å². The van der Waals surface area contributed by atoms with Crippen molar-refractivity contribution in [2.45, 2.75) is 59.0 Å². The summed E-state index contributed by atoms with van der Waals surface area (Å²) in [5, 5.41) is 0.890. The van der Waals surface area contributed by atoms with Crippen molar-refractivity contribution in [2.75, 3.05) is 4.90 Å². The number of imide groups is 1. The first kappa shape index (κ1) is 22.1. The van der Waals surface area contributed by atoms with Crippen LogP contribution in [0.15, 0.2) is 42.5 Å². The number of thiazole rings is 1. The number of nitrogens with zero attached hydrogens (tertiary/aromatic N) is 3. The fourth-order valence-electron chi connectivity index (χ4n) is 4.24. The number of rotatable bonds is 5. The fraction of sp³-hybridized carbons (Fsp3) is 0.360. The smallest absolute Gasteiger partial charge is 0.257 e. The maximum Gasteiger partial charge on any atom is 0.257 e. The van der Waals surface area contributed by atoms with E-state index in [0.29, 0.717) is 12.1 Å². The molecule has 4 rings (SSSR count). The molecule has 0 radical (unpaired) electrons. The summed E-state index contributed by atoms with van der Waals surface area (Å²) in [6.07, 6.45) is 0.682. The Bertz CT molecular complexity index is 1210. The van der Waals surface area contributed by atoms with Gasteiger partial charge in [-0.3, -0.25) is 14.4 Å². The van der Waals surface area contributed by atoms with Gasteiger partial charge in [0.15, 0.2) is 0 Å². The SMILES string of the molecule is CCC(C)(C)N(C(C)=O)C1CC(=O)N(c2ccc(-c3nc4ccc(C)cc4s3)cc2)C1=O. The molecule has 0 spiro atoms. The van der Waals surface area contributed by atoms with Crippen LogP contribution < -0.4 is 4.90 Å². The molecule has 1 aromatic heterocycles. The van der Waals surface area contributed by atoms with E-state index in [1.165, 1.54) is 17.4 Å². The highest BCUT2D eigenvalue weighted by Crippen LogP contribution is 2.34. The van der Waals surface area contributed by atoms with E-state index in [-0.39, 0.29) is 24.1 Å². The zero-order valence-corrected chi connectivity index (χ0v) is 19.8. The molecule has 3 amide bonds. The quantitative estimate of drug-likeness (QED) is 0.517. The Balaban J connectivity index is 1.61. The lowest BCUT2D eigenvalue weighted by Crippen LogP contribution is -2.54. The Morgan fingerprint density at radius 3 is 2.50 bits per heavy atom. The van der Waals surface area contributed by atoms with Crippen molar-refractivity contribution in [3.8, 4) is 10.6 Å². The number of carbonyl (C=O) groups is 3. The standard InChI is InChI=1S/C25H27N3O3S/c1-6-25(4,5)28(16(3)29)20-14-22(30)27(24(20)31)18-10-8-17(9-11-18)23-26-19-12-7-15(2)13-21(19)32-23/h7-13,20H,6,14H2,1-5H3. The van der Waals surface area contributed by atoms with E-state index in [1.54, 1.807) is 28.4 Å². The van der Waals surface area contributed by atoms with Crippen LogP contribution in [0.4, 0.5) is 5.69 Å². The molecule has 7 heteroatoms. The van der Waals surface area contributed by atoms with E-state index >= 15 is 0 Å². The zero-order chi connectivity index (χ0) is 23.2. The molecule has 2 heterocycles. The first-order valence-corrected chi connectivity index (χ1v) is 11.6. The van der Waals surface area contributed by atoms with Gasteiger partial charge in [0.25, 0.3) is 5.91 Å². The second-order valence-corrected chi connectivity index (χ2v) is 9.91. The van der Waals surface area contributed by atoms with Gasteiger partial charge in [0.05, 0.1) is 22.3 Å². The predicted molar refractivity (Wildman–Crippen MR) is 128 cm³/mol. The third kappa shape index (κ3) is 3.81. The average Bonchev–Trinajstić information content (AvgIpc) is 3.28. The molecule has 1 saturated heterocycles. The van der Waals surface area contributed by atoms with Gasteiger partial charge >= 0.3 is 0 Å². The monoisotopic (exact) mass is 449 g/mol. The third-order valence-corrected chi connectivity index (χ3v) is 7.27. The van der Waals surface area contributed by atoms with Crippen LogP contribution >= 0.6 is 11.3 Å². The number of aryl methyl sites for hydroxylation is 1. The minimum absolute atomic E-state index is 0.000809. The number of benzene rings is 2. The Morgan fingerprint density at radius 2 is 1.88 bits per heavy atom. The third-order valence-electron chi connectivity index (χ3n) is 6.21. The maximum absolute atomic E-state index is 13.2. The largest absolute Gasteiger partial charge is 0.325 e. The molecule has 1 aliphatic heterocycles. The number of hydrogen-bond acceptors (Lipinski definition) is 5. The first-order valence-electron chi connectivity index (χ1n) is 10.8. The van der Waals surface area contributed by atoms with E-state index in [1.807, 2.05) is 45.0 Å². The zero-order valence-electron chi connectivity index (χ0n) is 19.0. The number of aromatic nitrogens is 1. The van der Waals surface area contributed by atoms with Crippen LogP contribution in [0.5, 0.6) is 0 Å². The summed E-state index contributed by atoms with van der Waals surface area (Å²) in [5.41, 5.74) is 3.07. The van der Waals surface area contributed by atoms with Crippen LogP contribution in [0.2, 0.25) is 0 Å². The van der Waals surface area contributed by atoms with E-state index in [9.17, 15) is 14.4 Å². The van der Waals surface area contributed by atoms with Crippen LogP contribution in [0, 0.1) is 6.92 Å². The predicted octanol–water partition coefficient (Wildman–Crippen LogP) is 4.94. The van der Waals surface area contributed by atoms with E-state index in [4.69, 9.17) is 4.98 Å². The van der Waals surface area contributed by atoms with Crippen LogP contribution in [0.3, 0.4) is 0 Å². The summed E-state index contributed by atoms with van der Waals surface area (Å²) in [6, 6.07) is 12.7. The minimum atomic E-state index is -0.776. The molecule has 0 bridgehead atoms. The molecule has 1 atom stereocenters. The first-order chi connectivity index (χ1) is 15.1. The molecule has 0 aliphatic carbocycles. The van der Waals surface area contributed by atoms with Crippen molar-refractivity contribution >= 4 is 45.0 Å². The summed E-state index contributed by atoms with van der Waals surface area (Å²) in [4.78, 5) is 45.9. The van der Waals surface area contributed by atoms with Gasteiger partial charge in [-0.1, -0.05) is 13.0 Å². The van der Waals surface area contributed by atoms with Gasteiger partial charge in [-0.05, 0) is 69.2 Å². The van der Waals surface area contributed by atoms with Crippen molar-refractivity contribution in [1.29, 1.82) is 0 Å². The summed E-state index contributed by atoms with van der Waals surface area (Å²) in [7, 11) is 0. The molecule has 2 aromatic carbocycles. The summed E-state index contributed by atoms with van der Waals surface area (Å²) < 4.78 is 1.12. The van der Waals surface area contributed by atoms with Gasteiger partial charge in [0.1, 0.15) is 11.0 Å². The Labute approximate surface area is 191 Å². The number of carbonyl (C=O) groups excluding carboxylic acids is 3. The van der Waals surface area contributed by atoms with Crippen LogP contribution in [-0.2, 0) is 14.4 Å². The highest BCUT2D eigenvalue weighted by molar-refractivity contribution is 7.21. The van der Waals surface area contributed by atoms with Gasteiger partial charge in [0.2, 0.25) is 11.8 Å². The summed E-state index contributed by atoms with van der Waals surface area (Å²) in [6.45, 7) is 9.31. The van der Waals surface area contributed by atoms with Crippen LogP contribution in [-0.4, -0.2) is 39.2 Å². The van der Waals surface area contributed by atoms with Gasteiger partial charge < -0.3 is 4.90 Å². The highest BCUT2D eigenvalue weighted by atomic mass is 32.1. The lowest BCUT2D eigenvalue weighted by molar-refractivity contribution is -0.142. The molecular formula is C25H27N3O3S. The van der Waals surface area contributed by atoms with Crippen molar-refractivity contribution < 1.29 is 14.4 Å². The fourth-order valence-corrected chi connectivity index (χ4v) is 5.30. The molecule has 0 saturated carbocycles. The topological polar surface area (TPSA) is 70.6 Å². The Kier molecular flexibility index (Phi) is 5.63. The number of anilines is 1. The highest BCUT2D eigenvalue weighted by Gasteiger charge is 2.47. The van der Waals surface area contributed by atoms with Crippen molar-refractivity contribution in [3.05, 3.63) is 48.0 Å². The Morgan fingerprint density at radius 1 is 1.19 bits per heavy atom. The molecule has 1 aliphatic rings. The Hall–Kier alpha value is -3.06. The number of fused-ring (bicyclic) bond motifs is 1. The maximum atomic E-state index is 13.2. The lowest BCUT2D eigenvalue weighted by Gasteiger charge is -2.40. The van der Waals surface area contributed by atoms with E-state index in [2.05, 4.69) is 13.0 Å². The van der Waals surface area contributed by atoms with Gasteiger partial charge in [-0.25, -0.2) is 9.88 Å². The molecule has 32 heavy (non-hydrogen) atoms. The normalized spacial score (nSPS) is 16.8. The van der Waals surface area contributed by atoms with Crippen LogP contribution in [0.25, 0.3) is 20.8 Å². The summed E-state index contributed by atoms with van der Waals surface area (Å²) in [5.74, 6) is -0.845. The van der Waals surface area contributed by atoms with Crippen molar-refractivity contribution in [3.63, 3.8) is 0 Å². The second kappa shape index (κ2) is 8.13. The van der Waals surface area contributed by atoms with Crippen LogP contribution in [0.1, 0.15) is 46.1 Å². The van der Waals surface area contributed by atoms with Gasteiger partial charge in [-0.15, -0.1) is 11.3 Å². The second-order valence-electron chi connectivity index (χ2n) is 8.88. The lowest BCUT2D eigenvalue weighted by atomic mass is 9.96. The van der Waals surface area contributed by atoms with Crippen molar-refractivity contribution in [1.82, 2.24) is 9.88 Å². The van der Waals surface area contributed by atoms with E-state index < -0.39 is 11.6 Å². The number of hydrogen-bond donors (Lipinski definition) is 0. The molecule has 166 valence electrons. The molecule has 0 N–H and O–H groups in total. The minimum Gasteiger partial charge on any atom is -0.325 e. The molecule has 3 aromatic rings. The molecule has 1 fully saturated rings.